The first kappa shape index (κ1) is 19.2. The summed E-state index contributed by atoms with van der Waals surface area (Å²) in [6, 6.07) is 9.67. The number of hydrogen-bond acceptors (Lipinski definition) is 11. The van der Waals surface area contributed by atoms with Gasteiger partial charge in [0.2, 0.25) is 5.95 Å². The van der Waals surface area contributed by atoms with Gasteiger partial charge in [-0.15, -0.1) is 0 Å². The fraction of sp³-hybridized carbons (Fsp3) is 0. The normalized spacial score (nSPS) is 11.2. The van der Waals surface area contributed by atoms with Crippen LogP contribution in [0.15, 0.2) is 52.7 Å². The molecule has 0 spiro atoms. The third-order valence-corrected chi connectivity index (χ3v) is 3.54. The van der Waals surface area contributed by atoms with E-state index >= 15 is 0 Å². The summed E-state index contributed by atoms with van der Waals surface area (Å²) in [5.74, 6) is 0.0947. The van der Waals surface area contributed by atoms with Crippen LogP contribution in [0.2, 0.25) is 0 Å². The van der Waals surface area contributed by atoms with Gasteiger partial charge < -0.3 is 26.2 Å². The van der Waals surface area contributed by atoms with Gasteiger partial charge in [0, 0.05) is 29.3 Å². The Kier molecular flexibility index (Phi) is 5.59. The van der Waals surface area contributed by atoms with Crippen LogP contribution in [0.25, 0.3) is 0 Å². The third kappa shape index (κ3) is 5.23. The number of nitrogens with one attached hydrogen (secondary N) is 2. The first-order chi connectivity index (χ1) is 13.9. The Balaban J connectivity index is 1.67. The maximum atomic E-state index is 9.72. The Morgan fingerprint density at radius 3 is 1.59 bits per heavy atom. The van der Waals surface area contributed by atoms with E-state index in [0.29, 0.717) is 11.1 Å². The maximum Gasteiger partial charge on any atom is 0.224 e. The molecule has 2 aromatic carbocycles. The van der Waals surface area contributed by atoms with Gasteiger partial charge in [-0.1, -0.05) is 0 Å². The Hall–Kier alpha value is -4.54. The molecule has 1 aromatic heterocycles. The molecule has 0 unspecified atom stereocenters. The van der Waals surface area contributed by atoms with Gasteiger partial charge in [0.25, 0.3) is 0 Å². The Bertz CT molecular complexity index is 1000. The Labute approximate surface area is 164 Å². The molecule has 11 nitrogen and oxygen atoms in total. The smallest absolute Gasteiger partial charge is 0.224 e. The molecule has 0 aliphatic heterocycles. The van der Waals surface area contributed by atoms with E-state index in [4.69, 9.17) is 5.73 Å². The second kappa shape index (κ2) is 8.43. The van der Waals surface area contributed by atoms with E-state index in [1.54, 1.807) is 0 Å². The van der Waals surface area contributed by atoms with E-state index < -0.39 is 0 Å². The lowest BCUT2D eigenvalue weighted by atomic mass is 10.2. The lowest BCUT2D eigenvalue weighted by molar-refractivity contribution is 0.449. The van der Waals surface area contributed by atoms with Crippen molar-refractivity contribution in [1.82, 2.24) is 9.97 Å². The minimum Gasteiger partial charge on any atom is -0.508 e. The zero-order chi connectivity index (χ0) is 20.8. The molecule has 8 N–H and O–H groups in total. The zero-order valence-electron chi connectivity index (χ0n) is 14.9. The van der Waals surface area contributed by atoms with Crippen molar-refractivity contribution < 1.29 is 20.4 Å². The number of hydrogen-bond donors (Lipinski definition) is 7. The highest BCUT2D eigenvalue weighted by Crippen LogP contribution is 2.22. The number of nitrogens with two attached hydrogens (primary N) is 1. The van der Waals surface area contributed by atoms with Crippen molar-refractivity contribution in [3.63, 3.8) is 0 Å². The van der Waals surface area contributed by atoms with Crippen LogP contribution in [0.3, 0.4) is 0 Å². The molecule has 0 saturated carbocycles. The van der Waals surface area contributed by atoms with Gasteiger partial charge in [-0.05, 0) is 24.3 Å². The summed E-state index contributed by atoms with van der Waals surface area (Å²) in [5.41, 5.74) is 11.7. The molecule has 29 heavy (non-hydrogen) atoms. The van der Waals surface area contributed by atoms with Crippen LogP contribution >= 0.6 is 0 Å². The number of benzene rings is 2. The lowest BCUT2D eigenvalue weighted by Gasteiger charge is -2.05. The van der Waals surface area contributed by atoms with Crippen molar-refractivity contribution >= 4 is 30.0 Å². The van der Waals surface area contributed by atoms with Crippen LogP contribution < -0.4 is 16.6 Å². The number of aromatic hydroxyl groups is 4. The summed E-state index contributed by atoms with van der Waals surface area (Å²) >= 11 is 0. The topological polar surface area (TPSA) is 182 Å². The van der Waals surface area contributed by atoms with Gasteiger partial charge in [-0.3, -0.25) is 10.9 Å². The molecule has 1 heterocycles. The molecule has 0 aliphatic carbocycles. The number of nitrogen functional groups attached to an aromatic ring is 1. The summed E-state index contributed by atoms with van der Waals surface area (Å²) in [4.78, 5) is 7.94. The maximum absolute atomic E-state index is 9.72. The van der Waals surface area contributed by atoms with Crippen molar-refractivity contribution in [2.45, 2.75) is 0 Å². The lowest BCUT2D eigenvalue weighted by Crippen LogP contribution is -2.03. The summed E-state index contributed by atoms with van der Waals surface area (Å²) in [5, 5.41) is 45.9. The zero-order valence-corrected chi connectivity index (χ0v) is 14.9. The quantitative estimate of drug-likeness (QED) is 0.242. The van der Waals surface area contributed by atoms with E-state index in [9.17, 15) is 20.4 Å². The summed E-state index contributed by atoms with van der Waals surface area (Å²) in [6.07, 6.45) is 2.68. The number of aromatic nitrogens is 2. The number of phenols is 4. The summed E-state index contributed by atoms with van der Waals surface area (Å²) in [6.45, 7) is 0. The Morgan fingerprint density at radius 2 is 1.17 bits per heavy atom. The van der Waals surface area contributed by atoms with Crippen LogP contribution in [0, 0.1) is 0 Å². The number of hydrazone groups is 2. The van der Waals surface area contributed by atoms with Crippen LogP contribution in [-0.4, -0.2) is 42.8 Å². The largest absolute Gasteiger partial charge is 0.508 e. The van der Waals surface area contributed by atoms with E-state index in [1.165, 1.54) is 54.9 Å². The molecule has 0 saturated heterocycles. The van der Waals surface area contributed by atoms with Crippen LogP contribution in [0.1, 0.15) is 11.1 Å². The first-order valence-corrected chi connectivity index (χ1v) is 8.17. The number of phenolic OH excluding ortho intramolecular Hbond substituents is 4. The minimum absolute atomic E-state index is 0.0390. The van der Waals surface area contributed by atoms with Crippen molar-refractivity contribution in [2.24, 2.45) is 10.2 Å². The molecule has 3 aromatic rings. The van der Waals surface area contributed by atoms with E-state index in [1.807, 2.05) is 0 Å². The van der Waals surface area contributed by atoms with E-state index in [0.717, 1.165) is 0 Å². The van der Waals surface area contributed by atoms with Crippen molar-refractivity contribution in [2.75, 3.05) is 16.6 Å². The van der Waals surface area contributed by atoms with Gasteiger partial charge in [-0.2, -0.15) is 20.2 Å². The van der Waals surface area contributed by atoms with Gasteiger partial charge >= 0.3 is 0 Å². The number of rotatable bonds is 6. The second-order valence-electron chi connectivity index (χ2n) is 5.72. The van der Waals surface area contributed by atoms with Crippen molar-refractivity contribution in [3.05, 3.63) is 53.6 Å². The summed E-state index contributed by atoms with van der Waals surface area (Å²) < 4.78 is 0. The molecule has 148 valence electrons. The van der Waals surface area contributed by atoms with Crippen LogP contribution in [0.5, 0.6) is 23.0 Å². The van der Waals surface area contributed by atoms with Gasteiger partial charge in [0.1, 0.15) is 23.0 Å². The predicted molar refractivity (Wildman–Crippen MR) is 108 cm³/mol. The van der Waals surface area contributed by atoms with E-state index in [-0.39, 0.29) is 40.6 Å². The standard InChI is InChI=1S/C18H17N7O4/c19-18-22-16(24-20-8-10-1-3-12(26)5-14(10)28)7-17(23-18)25-21-9-11-2-4-13(27)6-15(11)29/h1-9,26-29H,(H4,19,22,23,24,25)/b20-8+,21-9+. The number of nitrogens with zero attached hydrogens (tertiary/aromatic N) is 4. The Morgan fingerprint density at radius 1 is 0.724 bits per heavy atom. The highest BCUT2D eigenvalue weighted by atomic mass is 16.3. The molecule has 0 atom stereocenters. The molecule has 0 fully saturated rings. The molecule has 0 amide bonds. The average Bonchev–Trinajstić information content (AvgIpc) is 2.65. The van der Waals surface area contributed by atoms with Crippen molar-refractivity contribution in [3.8, 4) is 23.0 Å². The van der Waals surface area contributed by atoms with E-state index in [2.05, 4.69) is 31.0 Å². The molecular formula is C18H17N7O4. The monoisotopic (exact) mass is 395 g/mol. The average molecular weight is 395 g/mol. The highest BCUT2D eigenvalue weighted by molar-refractivity contribution is 5.85. The molecule has 11 heteroatoms. The molecular weight excluding hydrogens is 378 g/mol. The van der Waals surface area contributed by atoms with Crippen molar-refractivity contribution in [1.29, 1.82) is 0 Å². The van der Waals surface area contributed by atoms with Crippen LogP contribution in [-0.2, 0) is 0 Å². The summed E-state index contributed by atoms with van der Waals surface area (Å²) in [7, 11) is 0. The molecule has 3 rings (SSSR count). The second-order valence-corrected chi connectivity index (χ2v) is 5.72. The van der Waals surface area contributed by atoms with Gasteiger partial charge in [0.05, 0.1) is 12.4 Å². The molecule has 0 radical (unpaired) electrons. The van der Waals surface area contributed by atoms with Gasteiger partial charge in [0.15, 0.2) is 11.6 Å². The van der Waals surface area contributed by atoms with Gasteiger partial charge in [-0.25, -0.2) is 0 Å². The third-order valence-electron chi connectivity index (χ3n) is 3.54. The van der Waals surface area contributed by atoms with Crippen LogP contribution in [0.4, 0.5) is 17.6 Å². The fourth-order valence-corrected chi connectivity index (χ4v) is 2.20. The predicted octanol–water partition coefficient (Wildman–Crippen LogP) is 1.77. The minimum atomic E-state index is -0.132. The fourth-order valence-electron chi connectivity index (χ4n) is 2.20. The first-order valence-electron chi connectivity index (χ1n) is 8.17. The SMILES string of the molecule is Nc1nc(N/N=C/c2ccc(O)cc2O)cc(N/N=C/c2ccc(O)cc2O)n1. The number of anilines is 3. The molecule has 0 bridgehead atoms. The molecule has 0 aliphatic rings. The highest BCUT2D eigenvalue weighted by Gasteiger charge is 2.03.